The van der Waals surface area contributed by atoms with E-state index in [-0.39, 0.29) is 11.3 Å². The molecule has 116 valence electrons. The number of alkyl halides is 3. The smallest absolute Gasteiger partial charge is 0.426 e. The van der Waals surface area contributed by atoms with Crippen molar-refractivity contribution in [2.24, 2.45) is 0 Å². The number of carbonyl (C=O) groups is 2. The van der Waals surface area contributed by atoms with Crippen LogP contribution in [0.3, 0.4) is 0 Å². The lowest BCUT2D eigenvalue weighted by Gasteiger charge is -2.07. The summed E-state index contributed by atoms with van der Waals surface area (Å²) in [7, 11) is 0. The van der Waals surface area contributed by atoms with Gasteiger partial charge in [-0.05, 0) is 12.1 Å². The Balaban J connectivity index is 2.19. The average Bonchev–Trinajstić information content (AvgIpc) is 2.87. The second-order valence-corrected chi connectivity index (χ2v) is 4.12. The Kier molecular flexibility index (Phi) is 4.15. The van der Waals surface area contributed by atoms with E-state index in [1.807, 2.05) is 0 Å². The fourth-order valence-corrected chi connectivity index (χ4v) is 1.55. The molecule has 0 aliphatic carbocycles. The summed E-state index contributed by atoms with van der Waals surface area (Å²) in [5.74, 6) is -3.20. The number of hydrogen-bond acceptors (Lipinski definition) is 5. The molecule has 0 spiro atoms. The van der Waals surface area contributed by atoms with E-state index in [4.69, 9.17) is 4.74 Å². The minimum absolute atomic E-state index is 0.0213. The molecule has 1 aromatic carbocycles. The maximum absolute atomic E-state index is 12.4. The molecule has 6 nitrogen and oxygen atoms in total. The second kappa shape index (κ2) is 5.88. The molecular weight excluding hydrogens is 305 g/mol. The lowest BCUT2D eigenvalue weighted by molar-refractivity contribution is -0.155. The number of anilines is 1. The van der Waals surface area contributed by atoms with Gasteiger partial charge in [-0.3, -0.25) is 9.59 Å². The molecule has 2 aromatic rings. The highest BCUT2D eigenvalue weighted by Gasteiger charge is 2.36. The molecular formula is C13H9F3N2O4. The average molecular weight is 314 g/mol. The van der Waals surface area contributed by atoms with E-state index in [9.17, 15) is 22.8 Å². The van der Waals surface area contributed by atoms with Crippen molar-refractivity contribution in [2.75, 3.05) is 5.32 Å². The summed E-state index contributed by atoms with van der Waals surface area (Å²) >= 11 is 0. The molecule has 1 heterocycles. The Bertz CT molecular complexity index is 709. The van der Waals surface area contributed by atoms with Crippen LogP contribution in [0.25, 0.3) is 0 Å². The molecule has 0 radical (unpaired) electrons. The van der Waals surface area contributed by atoms with Crippen LogP contribution in [0.5, 0.6) is 5.75 Å². The minimum atomic E-state index is -4.70. The van der Waals surface area contributed by atoms with E-state index in [0.717, 1.165) is 6.92 Å². The number of hydrogen-bond donors (Lipinski definition) is 1. The van der Waals surface area contributed by atoms with E-state index in [0.29, 0.717) is 6.07 Å². The summed E-state index contributed by atoms with van der Waals surface area (Å²) in [4.78, 5) is 23.0. The third-order valence-electron chi connectivity index (χ3n) is 2.42. The molecule has 1 amide bonds. The summed E-state index contributed by atoms with van der Waals surface area (Å²) in [6, 6.07) is 6.31. The highest BCUT2D eigenvalue weighted by Crippen LogP contribution is 2.31. The van der Waals surface area contributed by atoms with Gasteiger partial charge in [0, 0.05) is 13.0 Å². The van der Waals surface area contributed by atoms with Crippen molar-refractivity contribution in [1.82, 2.24) is 5.16 Å². The van der Waals surface area contributed by atoms with Gasteiger partial charge >= 0.3 is 12.1 Å². The zero-order chi connectivity index (χ0) is 16.3. The molecule has 0 aliphatic rings. The van der Waals surface area contributed by atoms with Gasteiger partial charge in [-0.1, -0.05) is 17.3 Å². The number of carbonyl (C=O) groups excluding carboxylic acids is 2. The molecule has 0 atom stereocenters. The van der Waals surface area contributed by atoms with Gasteiger partial charge in [0.25, 0.3) is 5.91 Å². The minimum Gasteiger partial charge on any atom is -0.426 e. The summed E-state index contributed by atoms with van der Waals surface area (Å²) < 4.78 is 46.0. The van der Waals surface area contributed by atoms with Crippen LogP contribution in [0, 0.1) is 0 Å². The standard InChI is InChI=1S/C13H9F3N2O4/c1-7(19)21-9-5-3-2-4-8(9)12(20)17-11-6-10(22-18-11)13(14,15)16/h2-6H,1H3,(H,17,18,20). The van der Waals surface area contributed by atoms with Crippen molar-refractivity contribution in [3.63, 3.8) is 0 Å². The van der Waals surface area contributed by atoms with Crippen LogP contribution in [0.4, 0.5) is 19.0 Å². The fraction of sp³-hybridized carbons (Fsp3) is 0.154. The van der Waals surface area contributed by atoms with E-state index in [1.165, 1.54) is 24.3 Å². The molecule has 0 bridgehead atoms. The Morgan fingerprint density at radius 3 is 2.55 bits per heavy atom. The molecule has 1 N–H and O–H groups in total. The maximum Gasteiger partial charge on any atom is 0.452 e. The van der Waals surface area contributed by atoms with Crippen LogP contribution in [0.15, 0.2) is 34.9 Å². The molecule has 0 saturated heterocycles. The van der Waals surface area contributed by atoms with Gasteiger partial charge in [0.05, 0.1) is 5.56 Å². The molecule has 0 saturated carbocycles. The lowest BCUT2D eigenvalue weighted by atomic mass is 10.2. The summed E-state index contributed by atoms with van der Waals surface area (Å²) in [6.45, 7) is 1.15. The number of nitrogens with one attached hydrogen (secondary N) is 1. The fourth-order valence-electron chi connectivity index (χ4n) is 1.55. The Hall–Kier alpha value is -2.84. The maximum atomic E-state index is 12.4. The number of ether oxygens (including phenoxy) is 1. The van der Waals surface area contributed by atoms with E-state index in [1.54, 1.807) is 0 Å². The monoisotopic (exact) mass is 314 g/mol. The number of nitrogens with zero attached hydrogens (tertiary/aromatic N) is 1. The number of halogens is 3. The zero-order valence-corrected chi connectivity index (χ0v) is 11.1. The van der Waals surface area contributed by atoms with Crippen molar-refractivity contribution in [1.29, 1.82) is 0 Å². The Morgan fingerprint density at radius 2 is 1.95 bits per heavy atom. The third kappa shape index (κ3) is 3.62. The SMILES string of the molecule is CC(=O)Oc1ccccc1C(=O)Nc1cc(C(F)(F)F)on1. The van der Waals surface area contributed by atoms with Crippen LogP contribution in [0.2, 0.25) is 0 Å². The first-order valence-corrected chi connectivity index (χ1v) is 5.90. The first-order chi connectivity index (χ1) is 10.3. The van der Waals surface area contributed by atoms with Crippen LogP contribution < -0.4 is 10.1 Å². The van der Waals surface area contributed by atoms with Crippen LogP contribution in [-0.2, 0) is 11.0 Å². The molecule has 0 unspecified atom stereocenters. The van der Waals surface area contributed by atoms with Crippen molar-refractivity contribution < 1.29 is 32.0 Å². The van der Waals surface area contributed by atoms with E-state index in [2.05, 4.69) is 15.0 Å². The van der Waals surface area contributed by atoms with Gasteiger partial charge in [0.2, 0.25) is 5.76 Å². The normalized spacial score (nSPS) is 11.1. The lowest BCUT2D eigenvalue weighted by Crippen LogP contribution is -2.15. The number of amides is 1. The van der Waals surface area contributed by atoms with Crippen LogP contribution in [-0.4, -0.2) is 17.0 Å². The summed E-state index contributed by atoms with van der Waals surface area (Å²) in [6.07, 6.45) is -4.70. The van der Waals surface area contributed by atoms with Crippen LogP contribution >= 0.6 is 0 Å². The van der Waals surface area contributed by atoms with Gasteiger partial charge in [-0.2, -0.15) is 13.2 Å². The summed E-state index contributed by atoms with van der Waals surface area (Å²) in [5, 5.41) is 5.23. The summed E-state index contributed by atoms with van der Waals surface area (Å²) in [5.41, 5.74) is -0.0331. The number of aromatic nitrogens is 1. The first kappa shape index (κ1) is 15.5. The highest BCUT2D eigenvalue weighted by molar-refractivity contribution is 6.06. The first-order valence-electron chi connectivity index (χ1n) is 5.90. The predicted octanol–water partition coefficient (Wildman–Crippen LogP) is 2.87. The van der Waals surface area contributed by atoms with Crippen molar-refractivity contribution >= 4 is 17.7 Å². The number of benzene rings is 1. The van der Waals surface area contributed by atoms with Crippen molar-refractivity contribution in [3.05, 3.63) is 41.7 Å². The Morgan fingerprint density at radius 1 is 1.27 bits per heavy atom. The number of para-hydroxylation sites is 1. The topological polar surface area (TPSA) is 81.4 Å². The largest absolute Gasteiger partial charge is 0.452 e. The second-order valence-electron chi connectivity index (χ2n) is 4.12. The van der Waals surface area contributed by atoms with Gasteiger partial charge < -0.3 is 14.6 Å². The van der Waals surface area contributed by atoms with Crippen molar-refractivity contribution in [2.45, 2.75) is 13.1 Å². The molecule has 9 heteroatoms. The van der Waals surface area contributed by atoms with Gasteiger partial charge in [-0.15, -0.1) is 0 Å². The van der Waals surface area contributed by atoms with E-state index >= 15 is 0 Å². The van der Waals surface area contributed by atoms with Crippen molar-refractivity contribution in [3.8, 4) is 5.75 Å². The molecule has 1 aromatic heterocycles. The third-order valence-corrected chi connectivity index (χ3v) is 2.42. The van der Waals surface area contributed by atoms with Crippen LogP contribution in [0.1, 0.15) is 23.0 Å². The number of esters is 1. The molecule has 2 rings (SSSR count). The number of rotatable bonds is 3. The van der Waals surface area contributed by atoms with Gasteiger partial charge in [0.15, 0.2) is 5.82 Å². The molecule has 22 heavy (non-hydrogen) atoms. The highest BCUT2D eigenvalue weighted by atomic mass is 19.4. The quantitative estimate of drug-likeness (QED) is 0.696. The van der Waals surface area contributed by atoms with E-state index < -0.39 is 29.6 Å². The predicted molar refractivity (Wildman–Crippen MR) is 67.2 cm³/mol. The molecule has 0 aliphatic heterocycles. The van der Waals surface area contributed by atoms with Gasteiger partial charge in [0.1, 0.15) is 5.75 Å². The zero-order valence-electron chi connectivity index (χ0n) is 11.1. The molecule has 0 fully saturated rings. The Labute approximate surface area is 121 Å². The van der Waals surface area contributed by atoms with Gasteiger partial charge in [-0.25, -0.2) is 0 Å².